The van der Waals surface area contributed by atoms with Crippen molar-refractivity contribution in [2.45, 2.75) is 37.8 Å². The zero-order chi connectivity index (χ0) is 12.9. The van der Waals surface area contributed by atoms with E-state index in [1.165, 1.54) is 0 Å². The molecule has 0 N–H and O–H groups in total. The highest BCUT2D eigenvalue weighted by molar-refractivity contribution is 5.28. The largest absolute Gasteiger partial charge is 0.401 e. The fourth-order valence-electron chi connectivity index (χ4n) is 2.51. The van der Waals surface area contributed by atoms with Gasteiger partial charge < -0.3 is 4.57 Å². The molecule has 18 heavy (non-hydrogen) atoms. The van der Waals surface area contributed by atoms with Gasteiger partial charge in [-0.1, -0.05) is 0 Å². The van der Waals surface area contributed by atoms with Crippen LogP contribution in [0.4, 0.5) is 17.6 Å². The number of hydrogen-bond acceptors (Lipinski definition) is 1. The van der Waals surface area contributed by atoms with E-state index in [1.807, 2.05) is 6.20 Å². The number of hydrogen-bond donors (Lipinski definition) is 0. The van der Waals surface area contributed by atoms with Gasteiger partial charge in [0.2, 0.25) is 0 Å². The molecule has 0 saturated heterocycles. The van der Waals surface area contributed by atoms with Gasteiger partial charge in [-0.3, -0.25) is 4.90 Å². The highest BCUT2D eigenvalue weighted by Crippen LogP contribution is 2.42. The van der Waals surface area contributed by atoms with Gasteiger partial charge in [0.1, 0.15) is 0 Å². The lowest BCUT2D eigenvalue weighted by Crippen LogP contribution is -2.41. The van der Waals surface area contributed by atoms with Crippen LogP contribution in [0.15, 0.2) is 12.3 Å². The maximum Gasteiger partial charge on any atom is 0.401 e. The van der Waals surface area contributed by atoms with Crippen molar-refractivity contribution in [2.24, 2.45) is 0 Å². The molecule has 0 amide bonds. The van der Waals surface area contributed by atoms with Gasteiger partial charge >= 0.3 is 6.18 Å². The monoisotopic (exact) mass is 262 g/mol. The molecule has 0 spiro atoms. The molecule has 1 unspecified atom stereocenters. The first kappa shape index (κ1) is 12.0. The minimum atomic E-state index is -4.35. The lowest BCUT2D eigenvalue weighted by Gasteiger charge is -2.32. The summed E-state index contributed by atoms with van der Waals surface area (Å²) in [7, 11) is 0. The minimum absolute atomic E-state index is 0.104. The number of aromatic nitrogens is 1. The van der Waals surface area contributed by atoms with Gasteiger partial charge in [0, 0.05) is 19.3 Å². The molecule has 1 aromatic heterocycles. The predicted molar refractivity (Wildman–Crippen MR) is 57.9 cm³/mol. The van der Waals surface area contributed by atoms with Gasteiger partial charge in [0.05, 0.1) is 12.2 Å². The van der Waals surface area contributed by atoms with E-state index < -0.39 is 19.0 Å². The molecule has 2 heterocycles. The number of nitrogens with zero attached hydrogens (tertiary/aromatic N) is 2. The van der Waals surface area contributed by atoms with Gasteiger partial charge in [0.25, 0.3) is 0 Å². The molecule has 1 aromatic rings. The van der Waals surface area contributed by atoms with Crippen molar-refractivity contribution in [3.63, 3.8) is 0 Å². The van der Waals surface area contributed by atoms with E-state index in [4.69, 9.17) is 0 Å². The maximum absolute atomic E-state index is 14.1. The topological polar surface area (TPSA) is 8.17 Å². The minimum Gasteiger partial charge on any atom is -0.346 e. The summed E-state index contributed by atoms with van der Waals surface area (Å²) in [6, 6.07) is 1.73. The number of halogens is 4. The molecule has 2 aliphatic rings. The van der Waals surface area contributed by atoms with Crippen LogP contribution in [-0.4, -0.2) is 28.7 Å². The van der Waals surface area contributed by atoms with E-state index in [1.54, 1.807) is 10.6 Å². The molecular weight excluding hydrogens is 248 g/mol. The normalized spacial score (nSPS) is 25.2. The SMILES string of the molecule is FC1c2cc(C3CC3)cn2CCN1CC(F)(F)F. The van der Waals surface area contributed by atoms with Crippen LogP contribution in [-0.2, 0) is 6.54 Å². The number of alkyl halides is 4. The first-order valence-electron chi connectivity index (χ1n) is 6.09. The van der Waals surface area contributed by atoms with Gasteiger partial charge in [-0.2, -0.15) is 13.2 Å². The molecule has 0 aromatic carbocycles. The van der Waals surface area contributed by atoms with Crippen LogP contribution in [0.5, 0.6) is 0 Å². The second kappa shape index (κ2) is 3.98. The van der Waals surface area contributed by atoms with Crippen molar-refractivity contribution in [1.29, 1.82) is 0 Å². The Morgan fingerprint density at radius 1 is 1.22 bits per heavy atom. The maximum atomic E-state index is 14.1. The van der Waals surface area contributed by atoms with E-state index in [2.05, 4.69) is 0 Å². The van der Waals surface area contributed by atoms with Gasteiger partial charge in [-0.25, -0.2) is 4.39 Å². The Balaban J connectivity index is 1.80. The Labute approximate surface area is 102 Å². The van der Waals surface area contributed by atoms with Crippen molar-refractivity contribution in [3.8, 4) is 0 Å². The molecule has 1 atom stereocenters. The van der Waals surface area contributed by atoms with Crippen molar-refractivity contribution < 1.29 is 17.6 Å². The van der Waals surface area contributed by atoms with Gasteiger partial charge in [-0.15, -0.1) is 0 Å². The summed E-state index contributed by atoms with van der Waals surface area (Å²) in [5.41, 5.74) is 1.44. The zero-order valence-corrected chi connectivity index (χ0v) is 9.75. The molecular formula is C12H14F4N2. The Hall–Kier alpha value is -1.04. The van der Waals surface area contributed by atoms with Gasteiger partial charge in [-0.05, 0) is 30.4 Å². The van der Waals surface area contributed by atoms with E-state index in [0.29, 0.717) is 18.2 Å². The summed E-state index contributed by atoms with van der Waals surface area (Å²) < 4.78 is 52.8. The summed E-state index contributed by atoms with van der Waals surface area (Å²) >= 11 is 0. The summed E-state index contributed by atoms with van der Waals surface area (Å²) in [4.78, 5) is 0.853. The molecule has 1 fully saturated rings. The molecule has 3 rings (SSSR count). The molecule has 1 aliphatic carbocycles. The smallest absolute Gasteiger partial charge is 0.346 e. The van der Waals surface area contributed by atoms with Crippen LogP contribution in [0.3, 0.4) is 0 Å². The molecule has 0 radical (unpaired) electrons. The lowest BCUT2D eigenvalue weighted by molar-refractivity contribution is -0.162. The van der Waals surface area contributed by atoms with Gasteiger partial charge in [0.15, 0.2) is 6.30 Å². The van der Waals surface area contributed by atoms with Crippen molar-refractivity contribution in [1.82, 2.24) is 9.47 Å². The number of fused-ring (bicyclic) bond motifs is 1. The van der Waals surface area contributed by atoms with Crippen LogP contribution >= 0.6 is 0 Å². The van der Waals surface area contributed by atoms with Crippen LogP contribution in [0.1, 0.15) is 36.3 Å². The fourth-order valence-corrected chi connectivity index (χ4v) is 2.51. The molecule has 1 aliphatic heterocycles. The lowest BCUT2D eigenvalue weighted by atomic mass is 10.2. The first-order chi connectivity index (χ1) is 8.44. The quantitative estimate of drug-likeness (QED) is 0.587. The summed E-state index contributed by atoms with van der Waals surface area (Å²) in [5, 5.41) is 0. The third-order valence-corrected chi connectivity index (χ3v) is 3.57. The highest BCUT2D eigenvalue weighted by atomic mass is 19.4. The Morgan fingerprint density at radius 2 is 1.94 bits per heavy atom. The van der Waals surface area contributed by atoms with E-state index in [0.717, 1.165) is 23.3 Å². The van der Waals surface area contributed by atoms with Crippen molar-refractivity contribution >= 4 is 0 Å². The number of rotatable bonds is 2. The molecule has 6 heteroatoms. The Kier molecular flexibility index (Phi) is 2.66. The van der Waals surface area contributed by atoms with Crippen LogP contribution < -0.4 is 0 Å². The average molecular weight is 262 g/mol. The second-order valence-electron chi connectivity index (χ2n) is 5.09. The molecule has 0 bridgehead atoms. The highest BCUT2D eigenvalue weighted by Gasteiger charge is 2.38. The average Bonchev–Trinajstić information content (AvgIpc) is 3.01. The third-order valence-electron chi connectivity index (χ3n) is 3.57. The summed E-state index contributed by atoms with van der Waals surface area (Å²) in [6.07, 6.45) is -1.89. The fraction of sp³-hybridized carbons (Fsp3) is 0.667. The standard InChI is InChI=1S/C12H14F4N2/c13-11-10-5-9(8-1-2-8)6-17(10)3-4-18(11)7-12(14,15)16/h5-6,8,11H,1-4,7H2. The third kappa shape index (κ3) is 2.25. The zero-order valence-electron chi connectivity index (χ0n) is 9.75. The van der Waals surface area contributed by atoms with Crippen LogP contribution in [0.2, 0.25) is 0 Å². The predicted octanol–water partition coefficient (Wildman–Crippen LogP) is 3.21. The van der Waals surface area contributed by atoms with E-state index >= 15 is 0 Å². The van der Waals surface area contributed by atoms with E-state index in [-0.39, 0.29) is 6.54 Å². The molecule has 1 saturated carbocycles. The van der Waals surface area contributed by atoms with Crippen LogP contribution in [0.25, 0.3) is 0 Å². The molecule has 2 nitrogen and oxygen atoms in total. The second-order valence-corrected chi connectivity index (χ2v) is 5.09. The Bertz CT molecular complexity index is 447. The van der Waals surface area contributed by atoms with E-state index in [9.17, 15) is 17.6 Å². The summed E-state index contributed by atoms with van der Waals surface area (Å²) in [5.74, 6) is 0.492. The summed E-state index contributed by atoms with van der Waals surface area (Å²) in [6.45, 7) is -0.650. The molecule has 100 valence electrons. The van der Waals surface area contributed by atoms with Crippen molar-refractivity contribution in [2.75, 3.05) is 13.1 Å². The Morgan fingerprint density at radius 3 is 2.56 bits per heavy atom. The van der Waals surface area contributed by atoms with Crippen molar-refractivity contribution in [3.05, 3.63) is 23.5 Å². The first-order valence-corrected chi connectivity index (χ1v) is 6.09. The van der Waals surface area contributed by atoms with Crippen LogP contribution in [0, 0.1) is 0 Å².